The summed E-state index contributed by atoms with van der Waals surface area (Å²) in [6, 6.07) is 15.4. The third-order valence-electron chi connectivity index (χ3n) is 7.00. The first-order valence-corrected chi connectivity index (χ1v) is 11.9. The Balaban J connectivity index is 1.41. The van der Waals surface area contributed by atoms with E-state index in [-0.39, 0.29) is 30.8 Å². The fraction of sp³-hybridized carbons (Fsp3) is 0.444. The molecule has 7 nitrogen and oxygen atoms in total. The second kappa shape index (κ2) is 9.87. The van der Waals surface area contributed by atoms with Gasteiger partial charge in [-0.15, -0.1) is 0 Å². The summed E-state index contributed by atoms with van der Waals surface area (Å²) in [6.07, 6.45) is 2.23. The second-order valence-electron chi connectivity index (χ2n) is 9.74. The predicted octanol–water partition coefficient (Wildman–Crippen LogP) is 4.45. The van der Waals surface area contributed by atoms with E-state index in [4.69, 9.17) is 4.74 Å². The lowest BCUT2D eigenvalue weighted by atomic mass is 9.91. The Hall–Kier alpha value is -3.35. The van der Waals surface area contributed by atoms with Crippen LogP contribution < -0.4 is 10.6 Å². The third kappa shape index (κ3) is 4.93. The number of carbonyl (C=O) groups is 3. The molecule has 2 aliphatic carbocycles. The van der Waals surface area contributed by atoms with Crippen LogP contribution in [0.15, 0.2) is 48.5 Å². The topological polar surface area (TPSA) is 105 Å². The van der Waals surface area contributed by atoms with E-state index >= 15 is 0 Å². The zero-order valence-electron chi connectivity index (χ0n) is 19.7. The molecule has 3 N–H and O–H groups in total. The van der Waals surface area contributed by atoms with Crippen molar-refractivity contribution in [2.24, 2.45) is 5.92 Å². The molecule has 0 unspecified atom stereocenters. The van der Waals surface area contributed by atoms with Gasteiger partial charge in [0, 0.05) is 5.92 Å². The summed E-state index contributed by atoms with van der Waals surface area (Å²) in [6.45, 7) is 3.84. The van der Waals surface area contributed by atoms with Crippen molar-refractivity contribution in [1.82, 2.24) is 10.6 Å². The number of benzene rings is 2. The molecule has 0 radical (unpaired) electrons. The van der Waals surface area contributed by atoms with Crippen LogP contribution in [0.5, 0.6) is 0 Å². The van der Waals surface area contributed by atoms with Gasteiger partial charge in [-0.1, -0.05) is 75.2 Å². The van der Waals surface area contributed by atoms with Crippen molar-refractivity contribution < 1.29 is 24.2 Å². The van der Waals surface area contributed by atoms with Crippen LogP contribution >= 0.6 is 0 Å². The number of rotatable bonds is 8. The maximum absolute atomic E-state index is 13.1. The summed E-state index contributed by atoms with van der Waals surface area (Å²) in [5.41, 5.74) is 3.77. The van der Waals surface area contributed by atoms with Crippen molar-refractivity contribution >= 4 is 18.0 Å². The van der Waals surface area contributed by atoms with Crippen LogP contribution in [0.3, 0.4) is 0 Å². The van der Waals surface area contributed by atoms with Gasteiger partial charge in [-0.05, 0) is 41.0 Å². The van der Waals surface area contributed by atoms with Gasteiger partial charge in [0.15, 0.2) is 0 Å². The molecule has 1 fully saturated rings. The van der Waals surface area contributed by atoms with E-state index in [0.717, 1.165) is 35.1 Å². The third-order valence-corrected chi connectivity index (χ3v) is 7.00. The molecule has 0 aromatic heterocycles. The maximum atomic E-state index is 13.1. The van der Waals surface area contributed by atoms with E-state index in [2.05, 4.69) is 34.9 Å². The number of ether oxygens (including phenoxy) is 1. The Morgan fingerprint density at radius 2 is 1.56 bits per heavy atom. The molecule has 0 bridgehead atoms. The summed E-state index contributed by atoms with van der Waals surface area (Å²) in [7, 11) is 0. The number of hydrogen-bond acceptors (Lipinski definition) is 4. The molecule has 2 aliphatic rings. The Kier molecular flexibility index (Phi) is 6.91. The second-order valence-corrected chi connectivity index (χ2v) is 9.74. The van der Waals surface area contributed by atoms with Gasteiger partial charge in [0.1, 0.15) is 12.6 Å². The van der Waals surface area contributed by atoms with E-state index < -0.39 is 23.6 Å². The molecule has 0 spiro atoms. The standard InChI is InChI=1S/C27H32N2O5/c1-17(2)24(25(32)29-27(15-23(30)31)13-7-8-14-27)28-26(33)34-16-22-20-11-5-3-9-18(20)19-10-4-6-12-21(19)22/h3-6,9-12,17,22,24H,7-8,13-16H2,1-2H3,(H,28,33)(H,29,32)(H,30,31)/t24-/m0/s1. The number of aliphatic carboxylic acids is 1. The molecule has 34 heavy (non-hydrogen) atoms. The Bertz CT molecular complexity index is 1030. The van der Waals surface area contributed by atoms with E-state index in [9.17, 15) is 19.5 Å². The molecule has 4 rings (SSSR count). The van der Waals surface area contributed by atoms with Gasteiger partial charge in [0.05, 0.1) is 12.0 Å². The number of nitrogens with one attached hydrogen (secondary N) is 2. The zero-order valence-corrected chi connectivity index (χ0v) is 19.7. The van der Waals surface area contributed by atoms with Gasteiger partial charge in [-0.2, -0.15) is 0 Å². The van der Waals surface area contributed by atoms with Gasteiger partial charge in [0.25, 0.3) is 0 Å². The minimum Gasteiger partial charge on any atom is -0.481 e. The van der Waals surface area contributed by atoms with Crippen LogP contribution in [0.1, 0.15) is 63.0 Å². The molecule has 1 saturated carbocycles. The maximum Gasteiger partial charge on any atom is 0.407 e. The molecule has 1 atom stereocenters. The number of hydrogen-bond donors (Lipinski definition) is 3. The number of carboxylic acids is 1. The summed E-state index contributed by atoms with van der Waals surface area (Å²) in [4.78, 5) is 37.2. The van der Waals surface area contributed by atoms with Gasteiger partial charge in [-0.25, -0.2) is 4.79 Å². The molecule has 2 aromatic carbocycles. The average molecular weight is 465 g/mol. The fourth-order valence-corrected chi connectivity index (χ4v) is 5.33. The molecule has 7 heteroatoms. The minimum absolute atomic E-state index is 0.0678. The number of fused-ring (bicyclic) bond motifs is 3. The lowest BCUT2D eigenvalue weighted by Gasteiger charge is -2.32. The largest absolute Gasteiger partial charge is 0.481 e. The van der Waals surface area contributed by atoms with Crippen molar-refractivity contribution in [3.63, 3.8) is 0 Å². The molecule has 0 saturated heterocycles. The van der Waals surface area contributed by atoms with Crippen molar-refractivity contribution in [3.8, 4) is 11.1 Å². The highest BCUT2D eigenvalue weighted by Gasteiger charge is 2.40. The first-order valence-electron chi connectivity index (χ1n) is 11.9. The quantitative estimate of drug-likeness (QED) is 0.535. The van der Waals surface area contributed by atoms with E-state index in [1.807, 2.05) is 38.1 Å². The van der Waals surface area contributed by atoms with E-state index in [1.54, 1.807) is 0 Å². The van der Waals surface area contributed by atoms with E-state index in [0.29, 0.717) is 12.8 Å². The van der Waals surface area contributed by atoms with Crippen LogP contribution in [-0.4, -0.2) is 41.3 Å². The normalized spacial score (nSPS) is 17.0. The predicted molar refractivity (Wildman–Crippen MR) is 128 cm³/mol. The summed E-state index contributed by atoms with van der Waals surface area (Å²) in [5.74, 6) is -1.56. The molecule has 2 aromatic rings. The molecular formula is C27H32N2O5. The molecular weight excluding hydrogens is 432 g/mol. The highest BCUT2D eigenvalue weighted by molar-refractivity contribution is 5.87. The monoisotopic (exact) mass is 464 g/mol. The van der Waals surface area contributed by atoms with Gasteiger partial charge >= 0.3 is 12.1 Å². The summed E-state index contributed by atoms with van der Waals surface area (Å²) >= 11 is 0. The van der Waals surface area contributed by atoms with Crippen LogP contribution in [-0.2, 0) is 14.3 Å². The van der Waals surface area contributed by atoms with Crippen molar-refractivity contribution in [1.29, 1.82) is 0 Å². The number of carbonyl (C=O) groups excluding carboxylic acids is 2. The van der Waals surface area contributed by atoms with Crippen molar-refractivity contribution in [2.45, 2.75) is 63.5 Å². The molecule has 180 valence electrons. The van der Waals surface area contributed by atoms with Crippen LogP contribution in [0.25, 0.3) is 11.1 Å². The van der Waals surface area contributed by atoms with E-state index in [1.165, 1.54) is 0 Å². The van der Waals surface area contributed by atoms with Crippen LogP contribution in [0.4, 0.5) is 4.79 Å². The number of alkyl carbamates (subject to hydrolysis) is 1. The first-order chi connectivity index (χ1) is 16.3. The lowest BCUT2D eigenvalue weighted by Crippen LogP contribution is -2.57. The number of amides is 2. The Morgan fingerprint density at radius 1 is 1.00 bits per heavy atom. The lowest BCUT2D eigenvalue weighted by molar-refractivity contribution is -0.139. The summed E-state index contributed by atoms with van der Waals surface area (Å²) in [5, 5.41) is 15.0. The SMILES string of the molecule is CC(C)[C@H](NC(=O)OCC1c2ccccc2-c2ccccc21)C(=O)NC1(CC(=O)O)CCCC1. The van der Waals surface area contributed by atoms with Crippen molar-refractivity contribution in [2.75, 3.05) is 6.61 Å². The Morgan fingerprint density at radius 3 is 2.09 bits per heavy atom. The van der Waals surface area contributed by atoms with Crippen LogP contribution in [0, 0.1) is 5.92 Å². The van der Waals surface area contributed by atoms with Crippen molar-refractivity contribution in [3.05, 3.63) is 59.7 Å². The highest BCUT2D eigenvalue weighted by atomic mass is 16.5. The first kappa shape index (κ1) is 23.8. The molecule has 2 amide bonds. The molecule has 0 aliphatic heterocycles. The highest BCUT2D eigenvalue weighted by Crippen LogP contribution is 2.44. The Labute approximate surface area is 199 Å². The summed E-state index contributed by atoms with van der Waals surface area (Å²) < 4.78 is 5.61. The van der Waals surface area contributed by atoms with Crippen LogP contribution in [0.2, 0.25) is 0 Å². The fourth-order valence-electron chi connectivity index (χ4n) is 5.33. The number of carboxylic acid groups (broad SMARTS) is 1. The average Bonchev–Trinajstić information content (AvgIpc) is 3.37. The van der Waals surface area contributed by atoms with Gasteiger partial charge < -0.3 is 20.5 Å². The minimum atomic E-state index is -0.937. The zero-order chi connectivity index (χ0) is 24.3. The molecule has 0 heterocycles. The van der Waals surface area contributed by atoms with Gasteiger partial charge in [-0.3, -0.25) is 9.59 Å². The van der Waals surface area contributed by atoms with Gasteiger partial charge in [0.2, 0.25) is 5.91 Å². The smallest absolute Gasteiger partial charge is 0.407 e.